The molecule has 0 amide bonds. The zero-order valence-corrected chi connectivity index (χ0v) is 29.9. The zero-order valence-electron chi connectivity index (χ0n) is 28.3. The van der Waals surface area contributed by atoms with Crippen molar-refractivity contribution in [2.24, 2.45) is 11.8 Å². The lowest BCUT2D eigenvalue weighted by atomic mass is 9.81. The minimum atomic E-state index is -3.67. The first kappa shape index (κ1) is 35.4. The monoisotopic (exact) mass is 745 g/mol. The maximum Gasteiger partial charge on any atom is 0.250 e. The van der Waals surface area contributed by atoms with Crippen LogP contribution in [0.4, 0.5) is 20.4 Å². The van der Waals surface area contributed by atoms with Crippen molar-refractivity contribution in [2.75, 3.05) is 42.7 Å². The first-order valence-electron chi connectivity index (χ1n) is 17.0. The highest BCUT2D eigenvalue weighted by Gasteiger charge is 2.52. The number of hydrogen-bond donors (Lipinski definition) is 3. The Morgan fingerprint density at radius 2 is 1.47 bits per heavy atom. The molecule has 4 aromatic heterocycles. The van der Waals surface area contributed by atoms with E-state index in [0.29, 0.717) is 32.4 Å². The highest BCUT2D eigenvalue weighted by Crippen LogP contribution is 2.42. The Hall–Kier alpha value is -3.99. The van der Waals surface area contributed by atoms with Crippen molar-refractivity contribution in [3.8, 4) is 6.07 Å². The van der Waals surface area contributed by atoms with E-state index in [4.69, 9.17) is 5.26 Å². The van der Waals surface area contributed by atoms with Crippen LogP contribution in [0.5, 0.6) is 0 Å². The summed E-state index contributed by atoms with van der Waals surface area (Å²) in [6.45, 7) is 0.824. The van der Waals surface area contributed by atoms with Gasteiger partial charge in [-0.05, 0) is 50.2 Å². The van der Waals surface area contributed by atoms with Crippen LogP contribution in [0.3, 0.4) is 0 Å². The molecule has 4 aromatic rings. The highest BCUT2D eigenvalue weighted by molar-refractivity contribution is 7.90. The predicted octanol–water partition coefficient (Wildman–Crippen LogP) is 2.99. The molecule has 5 heterocycles. The third-order valence-corrected chi connectivity index (χ3v) is 14.6. The summed E-state index contributed by atoms with van der Waals surface area (Å²) in [6, 6.07) is 6.25. The number of aromatic nitrogens is 6. The Bertz CT molecular complexity index is 2140. The van der Waals surface area contributed by atoms with Crippen molar-refractivity contribution < 1.29 is 25.6 Å². The van der Waals surface area contributed by atoms with Crippen LogP contribution < -0.4 is 14.5 Å². The second kappa shape index (κ2) is 13.5. The third kappa shape index (κ3) is 7.23. The molecule has 274 valence electrons. The summed E-state index contributed by atoms with van der Waals surface area (Å²) < 4.78 is 79.2. The molecule has 0 bridgehead atoms. The summed E-state index contributed by atoms with van der Waals surface area (Å²) in [5, 5.41) is 9.88. The quantitative estimate of drug-likeness (QED) is 0.216. The lowest BCUT2D eigenvalue weighted by Crippen LogP contribution is -2.57. The number of hydrogen-bond acceptors (Lipinski definition) is 11. The van der Waals surface area contributed by atoms with Crippen molar-refractivity contribution in [1.82, 2.24) is 38.9 Å². The Morgan fingerprint density at radius 3 is 1.98 bits per heavy atom. The molecule has 1 aliphatic heterocycles. The number of nitriles is 1. The molecule has 1 atom stereocenters. The molecule has 0 radical (unpaired) electrons. The van der Waals surface area contributed by atoms with E-state index in [1.54, 1.807) is 12.5 Å². The minimum absolute atomic E-state index is 0.142. The van der Waals surface area contributed by atoms with E-state index in [1.807, 2.05) is 37.3 Å². The van der Waals surface area contributed by atoms with Gasteiger partial charge in [-0.1, -0.05) is 0 Å². The standard InChI is InChI=1S/C17H22N6O2S.C15H19F2N5O2S/c1-22(17-15-2-4-19-16(15)20-11-21-17)14-6-13(7-14)10-26(24,25)23-5-3-12(8-18)9-23;1-22(14-12-2-3-18-13(12)19-8-20-14)10-4-9(5-10)21-25(23,24)11-6-15(16,17)7-11/h2,4,11-14H,3,5-7,9-10H2,1H3,(H,19,20,21);2-3,8-11,21H,4-7H2,1H3,(H,18,19,20)/t12-,13?,14?;/m0./s1. The molecule has 3 aliphatic carbocycles. The Morgan fingerprint density at radius 1 is 0.922 bits per heavy atom. The number of fused-ring (bicyclic) bond motifs is 2. The van der Waals surface area contributed by atoms with Crippen LogP contribution in [-0.4, -0.2) is 113 Å². The number of alkyl halides is 2. The van der Waals surface area contributed by atoms with E-state index in [0.717, 1.165) is 46.5 Å². The first-order valence-corrected chi connectivity index (χ1v) is 20.2. The summed E-state index contributed by atoms with van der Waals surface area (Å²) in [6.07, 6.45) is 9.07. The summed E-state index contributed by atoms with van der Waals surface area (Å²) in [4.78, 5) is 27.3. The predicted molar refractivity (Wildman–Crippen MR) is 187 cm³/mol. The van der Waals surface area contributed by atoms with Crippen LogP contribution in [-0.2, 0) is 20.0 Å². The molecule has 19 heteroatoms. The highest BCUT2D eigenvalue weighted by atomic mass is 32.2. The number of sulfonamides is 2. The van der Waals surface area contributed by atoms with Gasteiger partial charge in [0.1, 0.15) is 35.6 Å². The molecule has 3 saturated carbocycles. The summed E-state index contributed by atoms with van der Waals surface area (Å²) in [5.41, 5.74) is 1.56. The molecule has 51 heavy (non-hydrogen) atoms. The molecule has 8 rings (SSSR count). The number of anilines is 2. The second-order valence-corrected chi connectivity index (χ2v) is 18.2. The molecule has 0 unspecified atom stereocenters. The van der Waals surface area contributed by atoms with Crippen molar-refractivity contribution in [3.05, 3.63) is 37.2 Å². The summed E-state index contributed by atoms with van der Waals surface area (Å²) in [5.74, 6) is -0.992. The average Bonchev–Trinajstić information content (AvgIpc) is 3.83. The lowest BCUT2D eigenvalue weighted by Gasteiger charge is -2.43. The van der Waals surface area contributed by atoms with Gasteiger partial charge >= 0.3 is 0 Å². The largest absolute Gasteiger partial charge is 0.356 e. The van der Waals surface area contributed by atoms with Crippen LogP contribution in [0.2, 0.25) is 0 Å². The van der Waals surface area contributed by atoms with Gasteiger partial charge in [-0.25, -0.2) is 54.6 Å². The van der Waals surface area contributed by atoms with Crippen molar-refractivity contribution >= 4 is 53.7 Å². The van der Waals surface area contributed by atoms with Gasteiger partial charge < -0.3 is 19.8 Å². The van der Waals surface area contributed by atoms with E-state index >= 15 is 0 Å². The van der Waals surface area contributed by atoms with E-state index in [9.17, 15) is 25.6 Å². The molecule has 15 nitrogen and oxygen atoms in total. The number of aromatic amines is 2. The molecular weight excluding hydrogens is 705 g/mol. The topological polar surface area (TPSA) is 197 Å². The first-order chi connectivity index (χ1) is 24.2. The van der Waals surface area contributed by atoms with Gasteiger partial charge in [0.2, 0.25) is 20.0 Å². The van der Waals surface area contributed by atoms with Gasteiger partial charge in [0.15, 0.2) is 0 Å². The van der Waals surface area contributed by atoms with Crippen molar-refractivity contribution in [1.29, 1.82) is 5.26 Å². The van der Waals surface area contributed by atoms with E-state index in [1.165, 1.54) is 10.6 Å². The number of H-pyrrole nitrogens is 2. The molecular formula is C32H41F2N11O4S2. The van der Waals surface area contributed by atoms with Crippen molar-refractivity contribution in [3.63, 3.8) is 0 Å². The van der Waals surface area contributed by atoms with Gasteiger partial charge in [-0.15, -0.1) is 0 Å². The van der Waals surface area contributed by atoms with Gasteiger partial charge in [0.25, 0.3) is 5.92 Å². The number of rotatable bonds is 10. The summed E-state index contributed by atoms with van der Waals surface area (Å²) in [7, 11) is -3.03. The van der Waals surface area contributed by atoms with E-state index in [2.05, 4.69) is 45.6 Å². The Balaban J connectivity index is 0.000000159. The molecule has 0 spiro atoms. The summed E-state index contributed by atoms with van der Waals surface area (Å²) >= 11 is 0. The fraction of sp³-hybridized carbons (Fsp3) is 0.594. The fourth-order valence-corrected chi connectivity index (χ4v) is 11.1. The molecule has 4 fully saturated rings. The second-order valence-electron chi connectivity index (χ2n) is 14.2. The normalized spacial score (nSPS) is 26.4. The molecule has 1 saturated heterocycles. The maximum atomic E-state index is 12.9. The molecule has 3 N–H and O–H groups in total. The average molecular weight is 746 g/mol. The Labute approximate surface area is 295 Å². The van der Waals surface area contributed by atoms with Crippen LogP contribution in [0.1, 0.15) is 44.9 Å². The third-order valence-electron chi connectivity index (χ3n) is 10.7. The lowest BCUT2D eigenvalue weighted by molar-refractivity contribution is -0.0689. The smallest absolute Gasteiger partial charge is 0.250 e. The van der Waals surface area contributed by atoms with Gasteiger partial charge in [0, 0.05) is 70.5 Å². The Kier molecular flexibility index (Phi) is 9.39. The fourth-order valence-electron chi connectivity index (χ4n) is 7.42. The van der Waals surface area contributed by atoms with Crippen LogP contribution in [0.25, 0.3) is 22.1 Å². The van der Waals surface area contributed by atoms with Gasteiger partial charge in [-0.3, -0.25) is 0 Å². The van der Waals surface area contributed by atoms with E-state index < -0.39 is 44.1 Å². The van der Waals surface area contributed by atoms with E-state index in [-0.39, 0.29) is 35.7 Å². The molecule has 4 aliphatic rings. The van der Waals surface area contributed by atoms with Crippen LogP contribution in [0.15, 0.2) is 37.2 Å². The maximum absolute atomic E-state index is 12.9. The zero-order chi connectivity index (χ0) is 36.1. The molecule has 0 aromatic carbocycles. The van der Waals surface area contributed by atoms with Gasteiger partial charge in [-0.2, -0.15) is 5.26 Å². The number of halogens is 2. The van der Waals surface area contributed by atoms with Crippen LogP contribution in [0, 0.1) is 23.2 Å². The van der Waals surface area contributed by atoms with Crippen molar-refractivity contribution in [2.45, 2.75) is 74.2 Å². The van der Waals surface area contributed by atoms with Gasteiger partial charge in [0.05, 0.1) is 33.8 Å². The number of nitrogens with zero attached hydrogens (tertiary/aromatic N) is 8. The van der Waals surface area contributed by atoms with Crippen LogP contribution >= 0.6 is 0 Å². The minimum Gasteiger partial charge on any atom is -0.356 e. The number of nitrogens with one attached hydrogen (secondary N) is 3. The SMILES string of the molecule is CN(c1ncnc2[nH]ccc12)C1CC(CS(=O)(=O)N2CC[C@@H](C#N)C2)C1.CN(c1ncnc2[nH]ccc12)C1CC(NS(=O)(=O)C2CC(F)(F)C2)C1.